The lowest BCUT2D eigenvalue weighted by Gasteiger charge is -2.06. The maximum Gasteiger partial charge on any atom is 0.182 e. The highest BCUT2D eigenvalue weighted by atomic mass is 15.7. The van der Waals surface area contributed by atoms with E-state index in [0.29, 0.717) is 0 Å². The Morgan fingerprint density at radius 1 is 1.41 bits per heavy atom. The quantitative estimate of drug-likeness (QED) is 0.740. The zero-order valence-corrected chi connectivity index (χ0v) is 9.77. The number of nitrogens with one attached hydrogen (secondary N) is 3. The van der Waals surface area contributed by atoms with Crippen molar-refractivity contribution in [3.05, 3.63) is 17.0 Å². The molecule has 2 heterocycles. The summed E-state index contributed by atoms with van der Waals surface area (Å²) >= 11 is 0. The summed E-state index contributed by atoms with van der Waals surface area (Å²) in [5.74, 6) is 2.47. The molecule has 0 saturated heterocycles. The van der Waals surface area contributed by atoms with Crippen LogP contribution in [0.3, 0.4) is 0 Å². The molecule has 90 valence electrons. The zero-order chi connectivity index (χ0) is 11.4. The van der Waals surface area contributed by atoms with Crippen molar-refractivity contribution in [3.8, 4) is 0 Å². The molecule has 2 aliphatic carbocycles. The highest BCUT2D eigenvalue weighted by Crippen LogP contribution is 2.63. The Kier molecular flexibility index (Phi) is 1.85. The fourth-order valence-corrected chi connectivity index (χ4v) is 3.54. The van der Waals surface area contributed by atoms with Crippen molar-refractivity contribution in [1.29, 1.82) is 0 Å². The van der Waals surface area contributed by atoms with Crippen LogP contribution in [-0.2, 0) is 6.42 Å². The van der Waals surface area contributed by atoms with Crippen LogP contribution in [-0.4, -0.2) is 10.2 Å². The van der Waals surface area contributed by atoms with Crippen molar-refractivity contribution in [2.24, 2.45) is 22.2 Å². The SMILES string of the molecule is CCC[C@H]1[C@@H]2Cc3c(n[nH]c3C3N=NNN3)[C@H]12. The van der Waals surface area contributed by atoms with Gasteiger partial charge in [0.25, 0.3) is 0 Å². The lowest BCUT2D eigenvalue weighted by atomic mass is 10.0. The molecule has 6 heteroatoms. The average Bonchev–Trinajstić information content (AvgIpc) is 2.82. The Morgan fingerprint density at radius 2 is 2.35 bits per heavy atom. The van der Waals surface area contributed by atoms with Crippen molar-refractivity contribution in [2.75, 3.05) is 0 Å². The minimum atomic E-state index is -0.0895. The highest BCUT2D eigenvalue weighted by molar-refractivity contribution is 5.42. The molecule has 1 aliphatic heterocycles. The Bertz CT molecular complexity index is 478. The number of nitrogens with zero attached hydrogens (tertiary/aromatic N) is 3. The van der Waals surface area contributed by atoms with Gasteiger partial charge in [-0.1, -0.05) is 18.6 Å². The van der Waals surface area contributed by atoms with Gasteiger partial charge in [0, 0.05) is 11.5 Å². The van der Waals surface area contributed by atoms with E-state index in [1.165, 1.54) is 30.5 Å². The second-order valence-electron chi connectivity index (χ2n) is 5.22. The number of hydrogen-bond donors (Lipinski definition) is 3. The number of hydrogen-bond acceptors (Lipinski definition) is 5. The summed E-state index contributed by atoms with van der Waals surface area (Å²) in [7, 11) is 0. The van der Waals surface area contributed by atoms with Gasteiger partial charge in [-0.25, -0.2) is 5.53 Å². The molecule has 0 spiro atoms. The number of aromatic nitrogens is 2. The van der Waals surface area contributed by atoms with E-state index in [1.807, 2.05) is 0 Å². The maximum atomic E-state index is 4.50. The van der Waals surface area contributed by atoms with Crippen molar-refractivity contribution < 1.29 is 0 Å². The van der Waals surface area contributed by atoms with Crippen molar-refractivity contribution in [2.45, 2.75) is 38.3 Å². The first-order valence-electron chi connectivity index (χ1n) is 6.37. The highest BCUT2D eigenvalue weighted by Gasteiger charge is 2.57. The standard InChI is InChI=1S/C11H16N6/c1-2-3-5-6-4-7-9(8(5)6)12-13-10(7)11-14-16-17-15-11/h5-6,8,11H,2-4H2,1H3,(H,12,13)(H,14,17)(H,15,16)/t5-,6-,8+/m0/s1. The van der Waals surface area contributed by atoms with Gasteiger partial charge in [-0.2, -0.15) is 10.5 Å². The molecule has 1 saturated carbocycles. The molecule has 3 aliphatic rings. The van der Waals surface area contributed by atoms with Gasteiger partial charge in [0.1, 0.15) is 0 Å². The van der Waals surface area contributed by atoms with Gasteiger partial charge < -0.3 is 0 Å². The van der Waals surface area contributed by atoms with Gasteiger partial charge in [-0.05, 0) is 24.7 Å². The smallest absolute Gasteiger partial charge is 0.182 e. The van der Waals surface area contributed by atoms with Crippen LogP contribution in [0.1, 0.15) is 48.8 Å². The van der Waals surface area contributed by atoms with E-state index in [2.05, 4.69) is 38.4 Å². The van der Waals surface area contributed by atoms with Crippen LogP contribution in [0.25, 0.3) is 0 Å². The summed E-state index contributed by atoms with van der Waals surface area (Å²) in [4.78, 5) is 0. The third kappa shape index (κ3) is 1.21. The minimum Gasteiger partial charge on any atom is -0.278 e. The molecule has 3 N–H and O–H groups in total. The Morgan fingerprint density at radius 3 is 3.12 bits per heavy atom. The summed E-state index contributed by atoms with van der Waals surface area (Å²) in [6.45, 7) is 2.26. The van der Waals surface area contributed by atoms with E-state index < -0.39 is 0 Å². The monoisotopic (exact) mass is 232 g/mol. The molecule has 1 unspecified atom stereocenters. The van der Waals surface area contributed by atoms with Crippen LogP contribution in [0.4, 0.5) is 0 Å². The molecular weight excluding hydrogens is 216 g/mol. The Balaban J connectivity index is 1.61. The molecule has 0 radical (unpaired) electrons. The van der Waals surface area contributed by atoms with Gasteiger partial charge in [-0.3, -0.25) is 5.10 Å². The fraction of sp³-hybridized carbons (Fsp3) is 0.727. The second kappa shape index (κ2) is 3.29. The zero-order valence-electron chi connectivity index (χ0n) is 9.77. The Labute approximate surface area is 99.2 Å². The van der Waals surface area contributed by atoms with Crippen LogP contribution < -0.4 is 11.0 Å². The van der Waals surface area contributed by atoms with Crippen LogP contribution >= 0.6 is 0 Å². The molecule has 1 fully saturated rings. The molecular formula is C11H16N6. The van der Waals surface area contributed by atoms with E-state index >= 15 is 0 Å². The van der Waals surface area contributed by atoms with Gasteiger partial charge >= 0.3 is 0 Å². The molecule has 4 rings (SSSR count). The van der Waals surface area contributed by atoms with Crippen molar-refractivity contribution in [1.82, 2.24) is 21.2 Å². The summed E-state index contributed by atoms with van der Waals surface area (Å²) in [6.07, 6.45) is 3.71. The predicted molar refractivity (Wildman–Crippen MR) is 60.8 cm³/mol. The third-order valence-electron chi connectivity index (χ3n) is 4.34. The molecule has 6 nitrogen and oxygen atoms in total. The fourth-order valence-electron chi connectivity index (χ4n) is 3.54. The largest absolute Gasteiger partial charge is 0.278 e. The maximum absolute atomic E-state index is 4.50. The number of H-pyrrole nitrogens is 1. The van der Waals surface area contributed by atoms with Crippen molar-refractivity contribution in [3.63, 3.8) is 0 Å². The average molecular weight is 232 g/mol. The first-order chi connectivity index (χ1) is 8.40. The normalized spacial score (nSPS) is 36.8. The summed E-state index contributed by atoms with van der Waals surface area (Å²) in [5.41, 5.74) is 9.44. The van der Waals surface area contributed by atoms with Gasteiger partial charge in [0.05, 0.1) is 11.4 Å². The number of rotatable bonds is 3. The van der Waals surface area contributed by atoms with Crippen LogP contribution in [0.15, 0.2) is 10.3 Å². The number of hydrazine groups is 1. The van der Waals surface area contributed by atoms with Gasteiger partial charge in [0.2, 0.25) is 0 Å². The lowest BCUT2D eigenvalue weighted by Crippen LogP contribution is -2.25. The summed E-state index contributed by atoms with van der Waals surface area (Å²) < 4.78 is 0. The molecule has 17 heavy (non-hydrogen) atoms. The first-order valence-corrected chi connectivity index (χ1v) is 6.37. The van der Waals surface area contributed by atoms with E-state index in [1.54, 1.807) is 0 Å². The molecule has 0 aromatic carbocycles. The van der Waals surface area contributed by atoms with E-state index in [4.69, 9.17) is 0 Å². The summed E-state index contributed by atoms with van der Waals surface area (Å²) in [6, 6.07) is 0. The molecule has 0 bridgehead atoms. The number of aromatic amines is 1. The predicted octanol–water partition coefficient (Wildman–Crippen LogP) is 1.57. The topological polar surface area (TPSA) is 77.5 Å². The molecule has 4 atom stereocenters. The van der Waals surface area contributed by atoms with Gasteiger partial charge in [0.15, 0.2) is 6.17 Å². The minimum absolute atomic E-state index is 0.0895. The van der Waals surface area contributed by atoms with Crippen molar-refractivity contribution >= 4 is 0 Å². The lowest BCUT2D eigenvalue weighted by molar-refractivity contribution is 0.535. The van der Waals surface area contributed by atoms with E-state index in [9.17, 15) is 0 Å². The van der Waals surface area contributed by atoms with Crippen LogP contribution in [0, 0.1) is 11.8 Å². The van der Waals surface area contributed by atoms with E-state index in [0.717, 1.165) is 23.4 Å². The second-order valence-corrected chi connectivity index (χ2v) is 5.22. The van der Waals surface area contributed by atoms with Gasteiger partial charge in [-0.15, -0.1) is 5.11 Å². The molecule has 1 aromatic rings. The summed E-state index contributed by atoms with van der Waals surface area (Å²) in [5, 5.41) is 15.5. The number of fused-ring (bicyclic) bond motifs is 3. The first kappa shape index (κ1) is 9.58. The van der Waals surface area contributed by atoms with E-state index in [-0.39, 0.29) is 6.17 Å². The Hall–Kier alpha value is -1.43. The van der Waals surface area contributed by atoms with Crippen LogP contribution in [0.5, 0.6) is 0 Å². The molecule has 1 aromatic heterocycles. The third-order valence-corrected chi connectivity index (χ3v) is 4.34. The molecule has 0 amide bonds. The van der Waals surface area contributed by atoms with Crippen LogP contribution in [0.2, 0.25) is 0 Å².